The van der Waals surface area contributed by atoms with Gasteiger partial charge in [0.1, 0.15) is 66.5 Å². The van der Waals surface area contributed by atoms with Gasteiger partial charge in [0.05, 0.1) is 38.2 Å². The molecular formula is C77H85N9O4. The molecule has 0 spiro atoms. The van der Waals surface area contributed by atoms with Crippen LogP contribution < -0.4 is 18.9 Å². The second-order valence-electron chi connectivity index (χ2n) is 28.2. The highest BCUT2D eigenvalue weighted by atomic mass is 16.5. The van der Waals surface area contributed by atoms with Gasteiger partial charge in [0.15, 0.2) is 0 Å². The van der Waals surface area contributed by atoms with Crippen molar-refractivity contribution in [1.82, 2.24) is 45.0 Å². The Morgan fingerprint density at radius 2 is 0.589 bits per heavy atom. The van der Waals surface area contributed by atoms with Crippen LogP contribution in [0.4, 0.5) is 0 Å². The van der Waals surface area contributed by atoms with Gasteiger partial charge < -0.3 is 18.9 Å². The van der Waals surface area contributed by atoms with Gasteiger partial charge in [0.2, 0.25) is 0 Å². The summed E-state index contributed by atoms with van der Waals surface area (Å²) in [5, 5.41) is 27.8. The van der Waals surface area contributed by atoms with Crippen LogP contribution in [-0.4, -0.2) is 51.6 Å². The molecule has 0 fully saturated rings. The second kappa shape index (κ2) is 26.0. The second-order valence-corrected chi connectivity index (χ2v) is 28.2. The Hall–Kier alpha value is -9.28. The summed E-state index contributed by atoms with van der Waals surface area (Å²) in [6.07, 6.45) is 13.9. The van der Waals surface area contributed by atoms with Gasteiger partial charge in [-0.1, -0.05) is 244 Å². The minimum absolute atomic E-state index is 0.0796. The number of rotatable bonds is 17. The zero-order valence-corrected chi connectivity index (χ0v) is 54.5. The molecule has 90 heavy (non-hydrogen) atoms. The molecule has 13 heteroatoms. The smallest absolute Gasteiger partial charge is 0.148 e. The SMILES string of the molecule is C#CCOc1c2cc(C(C)(C)C)cc1Cc1cc(C(C)(C)C)cc(c1OCc1cn(Cc3ccccc3)nn1)Cc1cc(C(C)(C)C)cc(c1OCc1cn(Cc3ccccc3)nn1)Cc1cc(C(C)(C)C)cc(c1OCc1cn(Cc3ccccc3)nn1)C2. The fraction of sp³-hybridized carbons (Fsp3) is 0.351. The largest absolute Gasteiger partial charge is 0.487 e. The van der Waals surface area contributed by atoms with E-state index in [1.165, 1.54) is 22.3 Å². The molecule has 0 atom stereocenters. The first-order valence-corrected chi connectivity index (χ1v) is 31.4. The van der Waals surface area contributed by atoms with Crippen molar-refractivity contribution in [2.24, 2.45) is 0 Å². The maximum atomic E-state index is 7.37. The third kappa shape index (κ3) is 15.2. The van der Waals surface area contributed by atoms with E-state index in [0.717, 1.165) is 84.2 Å². The van der Waals surface area contributed by atoms with Gasteiger partial charge >= 0.3 is 0 Å². The lowest BCUT2D eigenvalue weighted by Gasteiger charge is -2.29. The van der Waals surface area contributed by atoms with Gasteiger partial charge in [0.25, 0.3) is 0 Å². The molecule has 10 aromatic rings. The quantitative estimate of drug-likeness (QED) is 0.0813. The number of hydrogen-bond acceptors (Lipinski definition) is 10. The first kappa shape index (κ1) is 62.3. The summed E-state index contributed by atoms with van der Waals surface area (Å²) in [5.74, 6) is 5.88. The van der Waals surface area contributed by atoms with E-state index in [0.29, 0.717) is 62.4 Å². The molecule has 7 aromatic carbocycles. The zero-order chi connectivity index (χ0) is 63.4. The van der Waals surface area contributed by atoms with E-state index in [-0.39, 0.29) is 48.1 Å². The summed E-state index contributed by atoms with van der Waals surface area (Å²) in [6.45, 7) is 29.7. The molecule has 11 rings (SSSR count). The number of benzene rings is 7. The van der Waals surface area contributed by atoms with Crippen LogP contribution >= 0.6 is 0 Å². The predicted octanol–water partition coefficient (Wildman–Crippen LogP) is 15.2. The van der Waals surface area contributed by atoms with Crippen LogP contribution in [0.25, 0.3) is 0 Å². The van der Waals surface area contributed by atoms with E-state index in [2.05, 4.69) is 200 Å². The summed E-state index contributed by atoms with van der Waals surface area (Å²) >= 11 is 0. The molecule has 3 heterocycles. The van der Waals surface area contributed by atoms with E-state index in [4.69, 9.17) is 30.5 Å². The van der Waals surface area contributed by atoms with Crippen molar-refractivity contribution in [3.8, 4) is 35.3 Å². The van der Waals surface area contributed by atoms with Gasteiger partial charge in [0, 0.05) is 25.7 Å². The molecule has 8 bridgehead atoms. The lowest BCUT2D eigenvalue weighted by molar-refractivity contribution is 0.290. The Bertz CT molecular complexity index is 3970. The van der Waals surface area contributed by atoms with Crippen LogP contribution in [-0.2, 0) is 86.8 Å². The lowest BCUT2D eigenvalue weighted by Crippen LogP contribution is -2.18. The molecule has 0 unspecified atom stereocenters. The average Bonchev–Trinajstić information content (AvgIpc) is 0.935. The van der Waals surface area contributed by atoms with Crippen LogP contribution in [0, 0.1) is 12.3 Å². The highest BCUT2D eigenvalue weighted by Gasteiger charge is 2.30. The molecule has 0 aliphatic heterocycles. The van der Waals surface area contributed by atoms with Crippen molar-refractivity contribution in [3.63, 3.8) is 0 Å². The number of nitrogens with zero attached hydrogens (tertiary/aromatic N) is 9. The Morgan fingerprint density at radius 3 is 0.811 bits per heavy atom. The van der Waals surface area contributed by atoms with Gasteiger partial charge in [-0.2, -0.15) is 0 Å². The summed E-state index contributed by atoms with van der Waals surface area (Å²) in [5.41, 5.74) is 17.3. The highest BCUT2D eigenvalue weighted by Crippen LogP contribution is 2.45. The van der Waals surface area contributed by atoms with Crippen LogP contribution in [0.2, 0.25) is 0 Å². The van der Waals surface area contributed by atoms with E-state index in [1.807, 2.05) is 87.2 Å². The molecule has 0 N–H and O–H groups in total. The molecule has 0 radical (unpaired) electrons. The van der Waals surface area contributed by atoms with E-state index >= 15 is 0 Å². The van der Waals surface area contributed by atoms with Crippen molar-refractivity contribution in [2.75, 3.05) is 6.61 Å². The first-order valence-electron chi connectivity index (χ1n) is 31.4. The van der Waals surface area contributed by atoms with Crippen molar-refractivity contribution in [2.45, 2.75) is 170 Å². The third-order valence-corrected chi connectivity index (χ3v) is 16.7. The number of fused-ring (bicyclic) bond motifs is 8. The first-order chi connectivity index (χ1) is 43.0. The fourth-order valence-electron chi connectivity index (χ4n) is 11.7. The maximum Gasteiger partial charge on any atom is 0.148 e. The predicted molar refractivity (Wildman–Crippen MR) is 356 cm³/mol. The Labute approximate surface area is 531 Å². The van der Waals surface area contributed by atoms with Crippen molar-refractivity contribution in [3.05, 3.63) is 259 Å². The third-order valence-electron chi connectivity index (χ3n) is 16.7. The Morgan fingerprint density at radius 1 is 0.356 bits per heavy atom. The van der Waals surface area contributed by atoms with Gasteiger partial charge in [-0.15, -0.1) is 21.7 Å². The average molecular weight is 1200 g/mol. The topological polar surface area (TPSA) is 129 Å². The van der Waals surface area contributed by atoms with Crippen molar-refractivity contribution >= 4 is 0 Å². The van der Waals surface area contributed by atoms with Crippen molar-refractivity contribution < 1.29 is 18.9 Å². The standard InChI is InChI=1S/C77H85N9O4/c1-14-30-87-70-55-31-57-37-64(75(5,6)7)39-59(71(57)88-49-67-46-84(81-78-67)43-52-24-18-15-19-25-52)33-61-41-66(77(11,12)13)42-62(73(61)90-51-69-48-86(83-80-69)45-54-28-22-17-23-29-54)34-60-40-65(76(8,9)10)38-58(32-56(70)36-63(35-55)74(2,3)4)72(60)89-50-68-47-85(82-79-68)44-53-26-20-16-21-27-53/h1,15-29,35-42,46-48H,30-34,43-45,49-51H2,2-13H3. The molecule has 462 valence electrons. The van der Waals surface area contributed by atoms with E-state index < -0.39 is 0 Å². The van der Waals surface area contributed by atoms with Crippen LogP contribution in [0.15, 0.2) is 158 Å². The monoisotopic (exact) mass is 1200 g/mol. The Kier molecular flexibility index (Phi) is 18.0. The minimum atomic E-state index is -0.266. The number of ether oxygens (including phenoxy) is 4. The molecule has 1 aliphatic rings. The van der Waals surface area contributed by atoms with E-state index in [1.54, 1.807) is 0 Å². The van der Waals surface area contributed by atoms with Gasteiger partial charge in [-0.3, -0.25) is 0 Å². The normalized spacial score (nSPS) is 12.8. The van der Waals surface area contributed by atoms with Crippen LogP contribution in [0.3, 0.4) is 0 Å². The molecule has 0 saturated carbocycles. The molecule has 1 aliphatic carbocycles. The molecule has 0 amide bonds. The summed E-state index contributed by atoms with van der Waals surface area (Å²) < 4.78 is 34.5. The molecule has 13 nitrogen and oxygen atoms in total. The zero-order valence-electron chi connectivity index (χ0n) is 54.5. The van der Waals surface area contributed by atoms with E-state index in [9.17, 15) is 0 Å². The molecular weight excluding hydrogens is 1110 g/mol. The summed E-state index contributed by atoms with van der Waals surface area (Å²) in [4.78, 5) is 0. The van der Waals surface area contributed by atoms with Crippen LogP contribution in [0.5, 0.6) is 23.0 Å². The van der Waals surface area contributed by atoms with Gasteiger partial charge in [-0.05, 0) is 105 Å². The molecule has 0 saturated heterocycles. The number of hydrogen-bond donors (Lipinski definition) is 0. The van der Waals surface area contributed by atoms with Crippen LogP contribution in [0.1, 0.15) is 184 Å². The Balaban J connectivity index is 1.14. The van der Waals surface area contributed by atoms with Crippen molar-refractivity contribution in [1.29, 1.82) is 0 Å². The minimum Gasteiger partial charge on any atom is -0.487 e. The fourth-order valence-corrected chi connectivity index (χ4v) is 11.7. The highest BCUT2D eigenvalue weighted by molar-refractivity contribution is 5.60. The summed E-state index contributed by atoms with van der Waals surface area (Å²) in [6, 6.07) is 49.6. The number of terminal acetylenes is 1. The number of aromatic nitrogens is 9. The summed E-state index contributed by atoms with van der Waals surface area (Å²) in [7, 11) is 0. The van der Waals surface area contributed by atoms with Gasteiger partial charge in [-0.25, -0.2) is 14.0 Å². The maximum absolute atomic E-state index is 7.37. The lowest BCUT2D eigenvalue weighted by atomic mass is 9.79. The molecule has 3 aromatic heterocycles.